The smallest absolute Gasteiger partial charge is 0.225 e. The van der Waals surface area contributed by atoms with Crippen LogP contribution in [0.15, 0.2) is 29.3 Å². The number of rotatable bonds is 7. The van der Waals surface area contributed by atoms with Crippen molar-refractivity contribution in [3.8, 4) is 0 Å². The average Bonchev–Trinajstić information content (AvgIpc) is 3.07. The Balaban J connectivity index is 0.00000392. The molecule has 0 saturated carbocycles. The molecule has 158 valence electrons. The van der Waals surface area contributed by atoms with E-state index in [0.717, 1.165) is 38.6 Å². The number of hydrogen-bond donors (Lipinski definition) is 2. The lowest BCUT2D eigenvalue weighted by atomic mass is 10.1. The van der Waals surface area contributed by atoms with Crippen LogP contribution in [0.25, 0.3) is 0 Å². The molecule has 1 unspecified atom stereocenters. The van der Waals surface area contributed by atoms with E-state index in [2.05, 4.69) is 60.8 Å². The van der Waals surface area contributed by atoms with Crippen LogP contribution in [-0.4, -0.2) is 61.4 Å². The maximum atomic E-state index is 12.2. The standard InChI is InChI=1S/C21H35N5O.HI/c1-6-22-21(24-19-10-11-26(15-19)20(27)16(2)3)23-13-17-8-7-9-18(12-17)14-25(4)5;/h7-9,12,16,19H,6,10-11,13-15H2,1-5H3,(H2,22,23,24);1H. The minimum atomic E-state index is 0. The van der Waals surface area contributed by atoms with Crippen LogP contribution < -0.4 is 10.6 Å². The number of likely N-dealkylation sites (tertiary alicyclic amines) is 1. The summed E-state index contributed by atoms with van der Waals surface area (Å²) in [5.74, 6) is 1.11. The van der Waals surface area contributed by atoms with Gasteiger partial charge in [-0.05, 0) is 38.6 Å². The molecule has 1 amide bonds. The van der Waals surface area contributed by atoms with Gasteiger partial charge < -0.3 is 20.4 Å². The molecule has 0 aromatic heterocycles. The van der Waals surface area contributed by atoms with Crippen molar-refractivity contribution >= 4 is 35.8 Å². The number of carbonyl (C=O) groups is 1. The highest BCUT2D eigenvalue weighted by molar-refractivity contribution is 14.0. The zero-order valence-corrected chi connectivity index (χ0v) is 20.2. The largest absolute Gasteiger partial charge is 0.357 e. The molecule has 1 aliphatic rings. The van der Waals surface area contributed by atoms with Crippen molar-refractivity contribution in [3.05, 3.63) is 35.4 Å². The minimum absolute atomic E-state index is 0. The highest BCUT2D eigenvalue weighted by atomic mass is 127. The van der Waals surface area contributed by atoms with Crippen LogP contribution in [-0.2, 0) is 17.9 Å². The summed E-state index contributed by atoms with van der Waals surface area (Å²) in [4.78, 5) is 21.0. The SMILES string of the molecule is CCNC(=NCc1cccc(CN(C)C)c1)NC1CCN(C(=O)C(C)C)C1.I. The maximum Gasteiger partial charge on any atom is 0.225 e. The summed E-state index contributed by atoms with van der Waals surface area (Å²) < 4.78 is 0. The van der Waals surface area contributed by atoms with Gasteiger partial charge in [-0.15, -0.1) is 24.0 Å². The van der Waals surface area contributed by atoms with E-state index in [1.54, 1.807) is 0 Å². The summed E-state index contributed by atoms with van der Waals surface area (Å²) in [6.07, 6.45) is 0.960. The molecule has 0 radical (unpaired) electrons. The Morgan fingerprint density at radius 1 is 1.32 bits per heavy atom. The van der Waals surface area contributed by atoms with E-state index in [1.807, 2.05) is 18.7 Å². The van der Waals surface area contributed by atoms with E-state index in [4.69, 9.17) is 4.99 Å². The van der Waals surface area contributed by atoms with Crippen LogP contribution in [0.4, 0.5) is 0 Å². The first kappa shape index (κ1) is 24.7. The van der Waals surface area contributed by atoms with Crippen LogP contribution in [0.5, 0.6) is 0 Å². The minimum Gasteiger partial charge on any atom is -0.357 e. The van der Waals surface area contributed by atoms with Crippen LogP contribution in [0, 0.1) is 5.92 Å². The first-order chi connectivity index (χ1) is 12.9. The molecule has 2 N–H and O–H groups in total. The molecule has 28 heavy (non-hydrogen) atoms. The Hall–Kier alpha value is -1.35. The van der Waals surface area contributed by atoms with Gasteiger partial charge in [0.25, 0.3) is 0 Å². The van der Waals surface area contributed by atoms with Gasteiger partial charge in [0, 0.05) is 38.1 Å². The topological polar surface area (TPSA) is 60.0 Å². The van der Waals surface area contributed by atoms with Crippen molar-refractivity contribution in [2.45, 2.75) is 46.3 Å². The maximum absolute atomic E-state index is 12.2. The van der Waals surface area contributed by atoms with Crippen molar-refractivity contribution in [3.63, 3.8) is 0 Å². The third kappa shape index (κ3) is 7.95. The second-order valence-corrected chi connectivity index (χ2v) is 7.82. The van der Waals surface area contributed by atoms with Gasteiger partial charge in [0.15, 0.2) is 5.96 Å². The average molecular weight is 501 g/mol. The summed E-state index contributed by atoms with van der Waals surface area (Å²) in [6.45, 7) is 9.93. The molecule has 7 heteroatoms. The Kier molecular flexibility index (Phi) is 10.8. The van der Waals surface area contributed by atoms with Gasteiger partial charge in [0.1, 0.15) is 0 Å². The van der Waals surface area contributed by atoms with Crippen molar-refractivity contribution in [2.75, 3.05) is 33.7 Å². The van der Waals surface area contributed by atoms with Crippen LogP contribution in [0.3, 0.4) is 0 Å². The third-order valence-corrected chi connectivity index (χ3v) is 4.59. The second kappa shape index (κ2) is 12.3. The van der Waals surface area contributed by atoms with E-state index >= 15 is 0 Å². The zero-order valence-electron chi connectivity index (χ0n) is 17.9. The molecule has 2 rings (SSSR count). The number of guanidine groups is 1. The molecule has 1 aliphatic heterocycles. The zero-order chi connectivity index (χ0) is 19.8. The highest BCUT2D eigenvalue weighted by Gasteiger charge is 2.27. The van der Waals surface area contributed by atoms with E-state index < -0.39 is 0 Å². The van der Waals surface area contributed by atoms with Crippen LogP contribution in [0.1, 0.15) is 38.3 Å². The molecular formula is C21H36IN5O. The third-order valence-electron chi connectivity index (χ3n) is 4.59. The van der Waals surface area contributed by atoms with Gasteiger partial charge in [0.2, 0.25) is 5.91 Å². The van der Waals surface area contributed by atoms with Crippen molar-refractivity contribution in [1.82, 2.24) is 20.4 Å². The summed E-state index contributed by atoms with van der Waals surface area (Å²) in [5, 5.41) is 6.82. The Bertz CT molecular complexity index is 647. The number of carbonyl (C=O) groups excluding carboxylic acids is 1. The van der Waals surface area contributed by atoms with Gasteiger partial charge in [0.05, 0.1) is 6.54 Å². The van der Waals surface area contributed by atoms with Crippen molar-refractivity contribution in [1.29, 1.82) is 0 Å². The lowest BCUT2D eigenvalue weighted by Crippen LogP contribution is -2.45. The molecule has 0 bridgehead atoms. The second-order valence-electron chi connectivity index (χ2n) is 7.82. The summed E-state index contributed by atoms with van der Waals surface area (Å²) in [5.41, 5.74) is 2.50. The predicted octanol–water partition coefficient (Wildman–Crippen LogP) is 2.68. The predicted molar refractivity (Wildman–Crippen MR) is 127 cm³/mol. The van der Waals surface area contributed by atoms with Gasteiger partial charge in [-0.3, -0.25) is 4.79 Å². The Morgan fingerprint density at radius 3 is 2.68 bits per heavy atom. The first-order valence-corrected chi connectivity index (χ1v) is 9.95. The van der Waals surface area contributed by atoms with Gasteiger partial charge in [-0.2, -0.15) is 0 Å². The molecule has 1 atom stereocenters. The van der Waals surface area contributed by atoms with E-state index in [1.165, 1.54) is 11.1 Å². The number of aliphatic imine (C=N–C) groups is 1. The van der Waals surface area contributed by atoms with Crippen molar-refractivity contribution < 1.29 is 4.79 Å². The molecule has 1 saturated heterocycles. The molecule has 1 fully saturated rings. The van der Waals surface area contributed by atoms with Gasteiger partial charge in [-0.25, -0.2) is 4.99 Å². The number of amides is 1. The normalized spacial score (nSPS) is 17.0. The van der Waals surface area contributed by atoms with E-state index in [0.29, 0.717) is 6.54 Å². The Morgan fingerprint density at radius 2 is 2.04 bits per heavy atom. The van der Waals surface area contributed by atoms with Gasteiger partial charge >= 0.3 is 0 Å². The van der Waals surface area contributed by atoms with Crippen LogP contribution in [0.2, 0.25) is 0 Å². The molecule has 1 aromatic carbocycles. The molecule has 1 aromatic rings. The van der Waals surface area contributed by atoms with E-state index in [-0.39, 0.29) is 41.8 Å². The summed E-state index contributed by atoms with van der Waals surface area (Å²) in [6, 6.07) is 8.83. The molecule has 6 nitrogen and oxygen atoms in total. The first-order valence-electron chi connectivity index (χ1n) is 9.95. The number of hydrogen-bond acceptors (Lipinski definition) is 3. The monoisotopic (exact) mass is 501 g/mol. The van der Waals surface area contributed by atoms with Gasteiger partial charge in [-0.1, -0.05) is 38.1 Å². The quantitative estimate of drug-likeness (QED) is 0.343. The fraction of sp³-hybridized carbons (Fsp3) is 0.619. The molecular weight excluding hydrogens is 465 g/mol. The summed E-state index contributed by atoms with van der Waals surface area (Å²) in [7, 11) is 4.15. The molecule has 0 spiro atoms. The number of nitrogens with zero attached hydrogens (tertiary/aromatic N) is 3. The number of benzene rings is 1. The molecule has 1 heterocycles. The van der Waals surface area contributed by atoms with Crippen molar-refractivity contribution in [2.24, 2.45) is 10.9 Å². The fourth-order valence-corrected chi connectivity index (χ4v) is 3.32. The highest BCUT2D eigenvalue weighted by Crippen LogP contribution is 2.13. The lowest BCUT2D eigenvalue weighted by molar-refractivity contribution is -0.133. The van der Waals surface area contributed by atoms with E-state index in [9.17, 15) is 4.79 Å². The lowest BCUT2D eigenvalue weighted by Gasteiger charge is -2.20. The number of nitrogens with one attached hydrogen (secondary N) is 2. The number of halogens is 1. The fourth-order valence-electron chi connectivity index (χ4n) is 3.32. The molecule has 0 aliphatic carbocycles. The Labute approximate surface area is 187 Å². The van der Waals surface area contributed by atoms with Crippen LogP contribution >= 0.6 is 24.0 Å². The summed E-state index contributed by atoms with van der Waals surface area (Å²) >= 11 is 0.